The molecule has 2 aliphatic heterocycles. The number of nitrogens with one attached hydrogen (secondary N) is 1. The van der Waals surface area contributed by atoms with Crippen LogP contribution in [0.4, 0.5) is 4.39 Å². The lowest BCUT2D eigenvalue weighted by molar-refractivity contribution is -0.124. The number of fused-ring (bicyclic) bond motifs is 1. The van der Waals surface area contributed by atoms with Gasteiger partial charge in [0.1, 0.15) is 12.4 Å². The van der Waals surface area contributed by atoms with Gasteiger partial charge in [0, 0.05) is 32.6 Å². The summed E-state index contributed by atoms with van der Waals surface area (Å²) in [7, 11) is 1.62. The second kappa shape index (κ2) is 8.19. The third kappa shape index (κ3) is 4.28. The van der Waals surface area contributed by atoms with E-state index in [1.165, 1.54) is 12.1 Å². The largest absolute Gasteiger partial charge is 0.493 e. The highest BCUT2D eigenvalue weighted by atomic mass is 19.1. The van der Waals surface area contributed by atoms with Crippen LogP contribution in [-0.4, -0.2) is 37.6 Å². The van der Waals surface area contributed by atoms with Crippen LogP contribution >= 0.6 is 0 Å². The first-order valence-electron chi connectivity index (χ1n) is 9.64. The number of methoxy groups -OCH3 is 1. The van der Waals surface area contributed by atoms with Gasteiger partial charge in [0.2, 0.25) is 5.91 Å². The van der Waals surface area contributed by atoms with Crippen molar-refractivity contribution >= 4 is 5.91 Å². The van der Waals surface area contributed by atoms with Crippen LogP contribution in [0.25, 0.3) is 0 Å². The Kier molecular flexibility index (Phi) is 5.48. The summed E-state index contributed by atoms with van der Waals surface area (Å²) in [4.78, 5) is 14.0. The van der Waals surface area contributed by atoms with Crippen LogP contribution in [-0.2, 0) is 17.9 Å². The second-order valence-corrected chi connectivity index (χ2v) is 7.62. The predicted molar refractivity (Wildman–Crippen MR) is 104 cm³/mol. The van der Waals surface area contributed by atoms with E-state index in [1.807, 2.05) is 12.1 Å². The van der Waals surface area contributed by atoms with Crippen LogP contribution in [0, 0.1) is 17.7 Å². The Bertz CT molecular complexity index is 840. The summed E-state index contributed by atoms with van der Waals surface area (Å²) in [6.45, 7) is 3.91. The van der Waals surface area contributed by atoms with Crippen molar-refractivity contribution < 1.29 is 18.7 Å². The molecule has 4 rings (SSSR count). The molecular weight excluding hydrogens is 359 g/mol. The van der Waals surface area contributed by atoms with E-state index in [9.17, 15) is 9.18 Å². The highest BCUT2D eigenvalue weighted by Crippen LogP contribution is 2.32. The molecule has 2 saturated heterocycles. The van der Waals surface area contributed by atoms with E-state index in [0.717, 1.165) is 37.3 Å². The molecule has 2 aromatic rings. The summed E-state index contributed by atoms with van der Waals surface area (Å²) in [6.07, 6.45) is 0.635. The van der Waals surface area contributed by atoms with Gasteiger partial charge in [-0.05, 0) is 47.2 Å². The summed E-state index contributed by atoms with van der Waals surface area (Å²) in [5, 5.41) is 2.97. The van der Waals surface area contributed by atoms with Gasteiger partial charge in [0.15, 0.2) is 11.5 Å². The molecule has 28 heavy (non-hydrogen) atoms. The number of piperidine rings is 1. The standard InChI is InChI=1S/C22H25FN2O3/c1-27-20-7-4-16(8-21(20)28-14-15-2-5-19(23)6-3-15)11-25-12-17-9-22(26)24-10-18(17)13-25/h2-8,17-18H,9-14H2,1H3,(H,24,26)/t17-,18+/m1/s1. The van der Waals surface area contributed by atoms with Crippen molar-refractivity contribution in [2.24, 2.45) is 11.8 Å². The van der Waals surface area contributed by atoms with Crippen LogP contribution in [0.15, 0.2) is 42.5 Å². The van der Waals surface area contributed by atoms with Gasteiger partial charge in [-0.3, -0.25) is 9.69 Å². The van der Waals surface area contributed by atoms with Gasteiger partial charge < -0.3 is 14.8 Å². The molecule has 0 aliphatic carbocycles. The molecule has 6 heteroatoms. The number of benzene rings is 2. The SMILES string of the molecule is COc1ccc(CN2C[C@H]3CC(=O)NC[C@H]3C2)cc1OCc1ccc(F)cc1. The summed E-state index contributed by atoms with van der Waals surface area (Å²) in [5.41, 5.74) is 2.04. The number of nitrogens with zero attached hydrogens (tertiary/aromatic N) is 1. The van der Waals surface area contributed by atoms with E-state index in [0.29, 0.717) is 36.4 Å². The topological polar surface area (TPSA) is 50.8 Å². The van der Waals surface area contributed by atoms with E-state index < -0.39 is 0 Å². The van der Waals surface area contributed by atoms with Gasteiger partial charge in [-0.15, -0.1) is 0 Å². The van der Waals surface area contributed by atoms with Gasteiger partial charge in [-0.1, -0.05) is 18.2 Å². The van der Waals surface area contributed by atoms with E-state index in [-0.39, 0.29) is 11.7 Å². The Hall–Kier alpha value is -2.60. The third-order valence-electron chi connectivity index (χ3n) is 5.60. The van der Waals surface area contributed by atoms with E-state index >= 15 is 0 Å². The minimum atomic E-state index is -0.258. The van der Waals surface area contributed by atoms with E-state index in [4.69, 9.17) is 9.47 Å². The number of hydrogen-bond acceptors (Lipinski definition) is 4. The summed E-state index contributed by atoms with van der Waals surface area (Å²) >= 11 is 0. The summed E-state index contributed by atoms with van der Waals surface area (Å²) in [5.74, 6) is 2.27. The summed E-state index contributed by atoms with van der Waals surface area (Å²) in [6, 6.07) is 12.3. The number of rotatable bonds is 6. The molecule has 0 radical (unpaired) electrons. The zero-order chi connectivity index (χ0) is 19.5. The zero-order valence-corrected chi connectivity index (χ0v) is 16.0. The fourth-order valence-electron chi connectivity index (χ4n) is 4.11. The van der Waals surface area contributed by atoms with Crippen LogP contribution in [0.2, 0.25) is 0 Å². The molecule has 2 aromatic carbocycles. The molecule has 1 amide bonds. The molecule has 0 saturated carbocycles. The molecular formula is C22H25FN2O3. The van der Waals surface area contributed by atoms with Gasteiger partial charge >= 0.3 is 0 Å². The van der Waals surface area contributed by atoms with Crippen molar-refractivity contribution in [3.8, 4) is 11.5 Å². The quantitative estimate of drug-likeness (QED) is 0.832. The highest BCUT2D eigenvalue weighted by Gasteiger charge is 2.36. The second-order valence-electron chi connectivity index (χ2n) is 7.62. The highest BCUT2D eigenvalue weighted by molar-refractivity contribution is 5.77. The molecule has 2 atom stereocenters. The first kappa shape index (κ1) is 18.7. The smallest absolute Gasteiger partial charge is 0.220 e. The lowest BCUT2D eigenvalue weighted by Gasteiger charge is -2.23. The lowest BCUT2D eigenvalue weighted by atomic mass is 9.89. The molecule has 2 aliphatic rings. The predicted octanol–water partition coefficient (Wildman–Crippen LogP) is 2.98. The normalized spacial score (nSPS) is 21.9. The molecule has 1 N–H and O–H groups in total. The number of hydrogen-bond donors (Lipinski definition) is 1. The van der Waals surface area contributed by atoms with Crippen molar-refractivity contribution in [2.45, 2.75) is 19.6 Å². The Morgan fingerprint density at radius 3 is 2.61 bits per heavy atom. The Morgan fingerprint density at radius 2 is 1.82 bits per heavy atom. The van der Waals surface area contributed by atoms with Crippen LogP contribution < -0.4 is 14.8 Å². The van der Waals surface area contributed by atoms with E-state index in [2.05, 4.69) is 16.3 Å². The first-order valence-corrected chi connectivity index (χ1v) is 9.64. The average molecular weight is 384 g/mol. The molecule has 2 heterocycles. The van der Waals surface area contributed by atoms with E-state index in [1.54, 1.807) is 19.2 Å². The maximum absolute atomic E-state index is 13.1. The van der Waals surface area contributed by atoms with Crippen molar-refractivity contribution in [3.05, 3.63) is 59.4 Å². The van der Waals surface area contributed by atoms with Gasteiger partial charge in [0.05, 0.1) is 7.11 Å². The summed E-state index contributed by atoms with van der Waals surface area (Å²) < 4.78 is 24.4. The van der Waals surface area contributed by atoms with Crippen molar-refractivity contribution in [1.29, 1.82) is 0 Å². The van der Waals surface area contributed by atoms with Crippen LogP contribution in [0.5, 0.6) is 11.5 Å². The fraction of sp³-hybridized carbons (Fsp3) is 0.409. The maximum Gasteiger partial charge on any atom is 0.220 e. The van der Waals surface area contributed by atoms with Gasteiger partial charge in [-0.2, -0.15) is 0 Å². The molecule has 0 aromatic heterocycles. The Morgan fingerprint density at radius 1 is 1.07 bits per heavy atom. The molecule has 0 unspecified atom stereocenters. The lowest BCUT2D eigenvalue weighted by Crippen LogP contribution is -2.39. The van der Waals surface area contributed by atoms with Crippen molar-refractivity contribution in [1.82, 2.24) is 10.2 Å². The van der Waals surface area contributed by atoms with Gasteiger partial charge in [-0.25, -0.2) is 4.39 Å². The third-order valence-corrected chi connectivity index (χ3v) is 5.60. The number of carbonyl (C=O) groups excluding carboxylic acids is 1. The minimum absolute atomic E-state index is 0.170. The minimum Gasteiger partial charge on any atom is -0.493 e. The van der Waals surface area contributed by atoms with Gasteiger partial charge in [0.25, 0.3) is 0 Å². The molecule has 5 nitrogen and oxygen atoms in total. The molecule has 148 valence electrons. The number of halogens is 1. The Labute approximate surface area is 164 Å². The average Bonchev–Trinajstić information content (AvgIpc) is 3.09. The van der Waals surface area contributed by atoms with Crippen molar-refractivity contribution in [3.63, 3.8) is 0 Å². The zero-order valence-electron chi connectivity index (χ0n) is 16.0. The van der Waals surface area contributed by atoms with Crippen LogP contribution in [0.3, 0.4) is 0 Å². The Balaban J connectivity index is 1.41. The molecule has 2 fully saturated rings. The number of amides is 1. The monoisotopic (exact) mass is 384 g/mol. The molecule has 0 bridgehead atoms. The maximum atomic E-state index is 13.1. The van der Waals surface area contributed by atoms with Crippen LogP contribution in [0.1, 0.15) is 17.5 Å². The first-order chi connectivity index (χ1) is 13.6. The molecule has 0 spiro atoms. The number of carbonyl (C=O) groups is 1. The number of likely N-dealkylation sites (tertiary alicyclic amines) is 1. The fourth-order valence-corrected chi connectivity index (χ4v) is 4.11. The van der Waals surface area contributed by atoms with Crippen molar-refractivity contribution in [2.75, 3.05) is 26.7 Å². The number of ether oxygens (including phenoxy) is 2.